The maximum atomic E-state index is 13.9. The monoisotopic (exact) mass is 405 g/mol. The molecule has 0 bridgehead atoms. The molecule has 0 unspecified atom stereocenters. The fourth-order valence-electron chi connectivity index (χ4n) is 3.08. The van der Waals surface area contributed by atoms with Crippen LogP contribution in [-0.4, -0.2) is 29.7 Å². The SMILES string of the molecule is Cc1ccccc1N1C(=O)N[C@](NC(=O)CCc2ccccc2)(C(F)(F)F)C1=O. The molecule has 0 aromatic heterocycles. The average molecular weight is 405 g/mol. The number of para-hydroxylation sites is 1. The van der Waals surface area contributed by atoms with Crippen LogP contribution in [-0.2, 0) is 16.0 Å². The molecule has 1 heterocycles. The summed E-state index contributed by atoms with van der Waals surface area (Å²) in [5, 5.41) is 3.36. The van der Waals surface area contributed by atoms with Gasteiger partial charge in [0.25, 0.3) is 11.6 Å². The molecule has 2 N–H and O–H groups in total. The Labute approximate surface area is 164 Å². The Morgan fingerprint density at radius 1 is 1.07 bits per heavy atom. The van der Waals surface area contributed by atoms with Crippen molar-refractivity contribution in [2.45, 2.75) is 31.6 Å². The first kappa shape index (κ1) is 20.4. The first-order valence-corrected chi connectivity index (χ1v) is 8.80. The minimum atomic E-state index is -5.24. The number of carbonyl (C=O) groups is 3. The quantitative estimate of drug-likeness (QED) is 0.751. The number of nitrogens with one attached hydrogen (secondary N) is 2. The zero-order chi connectivity index (χ0) is 21.2. The normalized spacial score (nSPS) is 19.2. The number of aryl methyl sites for hydroxylation is 2. The van der Waals surface area contributed by atoms with Gasteiger partial charge in [0.1, 0.15) is 0 Å². The number of carbonyl (C=O) groups excluding carboxylic acids is 3. The first-order valence-electron chi connectivity index (χ1n) is 8.80. The van der Waals surface area contributed by atoms with E-state index in [9.17, 15) is 27.6 Å². The molecule has 0 radical (unpaired) electrons. The highest BCUT2D eigenvalue weighted by Gasteiger charge is 2.69. The van der Waals surface area contributed by atoms with E-state index < -0.39 is 29.7 Å². The van der Waals surface area contributed by atoms with E-state index >= 15 is 0 Å². The van der Waals surface area contributed by atoms with E-state index in [0.717, 1.165) is 5.56 Å². The summed E-state index contributed by atoms with van der Waals surface area (Å²) >= 11 is 0. The molecule has 0 aliphatic carbocycles. The van der Waals surface area contributed by atoms with Crippen molar-refractivity contribution in [3.63, 3.8) is 0 Å². The van der Waals surface area contributed by atoms with Crippen molar-refractivity contribution in [1.82, 2.24) is 10.6 Å². The summed E-state index contributed by atoms with van der Waals surface area (Å²) in [6, 6.07) is 13.5. The van der Waals surface area contributed by atoms with Crippen LogP contribution in [0.25, 0.3) is 0 Å². The molecule has 2 aromatic rings. The molecule has 0 spiro atoms. The molecule has 3 rings (SSSR count). The number of anilines is 1. The van der Waals surface area contributed by atoms with Crippen LogP contribution in [0.4, 0.5) is 23.7 Å². The second-order valence-corrected chi connectivity index (χ2v) is 6.64. The highest BCUT2D eigenvalue weighted by Crippen LogP contribution is 2.36. The van der Waals surface area contributed by atoms with Gasteiger partial charge < -0.3 is 5.32 Å². The average Bonchev–Trinajstić information content (AvgIpc) is 2.92. The summed E-state index contributed by atoms with van der Waals surface area (Å²) in [7, 11) is 0. The fraction of sp³-hybridized carbons (Fsp3) is 0.250. The predicted molar refractivity (Wildman–Crippen MR) is 98.9 cm³/mol. The molecule has 6 nitrogen and oxygen atoms in total. The van der Waals surface area contributed by atoms with Crippen LogP contribution >= 0.6 is 0 Å². The number of halogens is 3. The highest BCUT2D eigenvalue weighted by atomic mass is 19.4. The minimum Gasteiger partial charge on any atom is -0.318 e. The number of hydrogen-bond donors (Lipinski definition) is 2. The summed E-state index contributed by atoms with van der Waals surface area (Å²) in [6.45, 7) is 1.56. The van der Waals surface area contributed by atoms with Crippen LogP contribution in [0.3, 0.4) is 0 Å². The molecule has 1 aliphatic rings. The predicted octanol–water partition coefficient (Wildman–Crippen LogP) is 3.06. The zero-order valence-corrected chi connectivity index (χ0v) is 15.4. The van der Waals surface area contributed by atoms with Crippen molar-refractivity contribution in [2.75, 3.05) is 4.90 Å². The second-order valence-electron chi connectivity index (χ2n) is 6.64. The number of amides is 4. The largest absolute Gasteiger partial charge is 0.440 e. The molecule has 9 heteroatoms. The molecule has 2 aromatic carbocycles. The number of nitrogens with zero attached hydrogens (tertiary/aromatic N) is 1. The number of rotatable bonds is 5. The highest BCUT2D eigenvalue weighted by molar-refractivity contribution is 6.24. The van der Waals surface area contributed by atoms with Crippen molar-refractivity contribution in [2.24, 2.45) is 0 Å². The van der Waals surface area contributed by atoms with Crippen molar-refractivity contribution in [3.8, 4) is 0 Å². The lowest BCUT2D eigenvalue weighted by Gasteiger charge is -2.30. The third kappa shape index (κ3) is 3.80. The third-order valence-corrected chi connectivity index (χ3v) is 4.61. The Hall–Kier alpha value is -3.36. The van der Waals surface area contributed by atoms with E-state index in [2.05, 4.69) is 0 Å². The Kier molecular flexibility index (Phi) is 5.32. The number of hydrogen-bond acceptors (Lipinski definition) is 3. The van der Waals surface area contributed by atoms with Gasteiger partial charge in [0.05, 0.1) is 5.69 Å². The van der Waals surface area contributed by atoms with E-state index in [4.69, 9.17) is 0 Å². The van der Waals surface area contributed by atoms with Crippen LogP contribution in [0.15, 0.2) is 54.6 Å². The lowest BCUT2D eigenvalue weighted by atomic mass is 10.1. The van der Waals surface area contributed by atoms with E-state index in [1.807, 2.05) is 0 Å². The third-order valence-electron chi connectivity index (χ3n) is 4.61. The number of urea groups is 1. The number of benzene rings is 2. The maximum Gasteiger partial charge on any atom is 0.440 e. The second kappa shape index (κ2) is 7.57. The summed E-state index contributed by atoms with van der Waals surface area (Å²) in [5.74, 6) is -2.61. The van der Waals surface area contributed by atoms with E-state index in [1.165, 1.54) is 12.1 Å². The van der Waals surface area contributed by atoms with Gasteiger partial charge in [0, 0.05) is 6.42 Å². The fourth-order valence-corrected chi connectivity index (χ4v) is 3.08. The molecular weight excluding hydrogens is 387 g/mol. The van der Waals surface area contributed by atoms with Crippen LogP contribution in [0.1, 0.15) is 17.5 Å². The number of alkyl halides is 3. The van der Waals surface area contributed by atoms with E-state index in [-0.39, 0.29) is 18.5 Å². The van der Waals surface area contributed by atoms with Crippen LogP contribution in [0.5, 0.6) is 0 Å². The molecule has 4 amide bonds. The van der Waals surface area contributed by atoms with Crippen molar-refractivity contribution in [1.29, 1.82) is 0 Å². The van der Waals surface area contributed by atoms with E-state index in [0.29, 0.717) is 10.5 Å². The van der Waals surface area contributed by atoms with Gasteiger partial charge in [0.15, 0.2) is 0 Å². The maximum absolute atomic E-state index is 13.9. The topological polar surface area (TPSA) is 78.5 Å². The van der Waals surface area contributed by atoms with Crippen LogP contribution in [0, 0.1) is 6.92 Å². The van der Waals surface area contributed by atoms with Gasteiger partial charge in [-0.15, -0.1) is 0 Å². The molecule has 152 valence electrons. The molecule has 29 heavy (non-hydrogen) atoms. The smallest absolute Gasteiger partial charge is 0.318 e. The standard InChI is InChI=1S/C20H18F3N3O3/c1-13-7-5-6-10-15(13)26-17(28)19(20(21,22)23,25-18(26)29)24-16(27)12-11-14-8-3-2-4-9-14/h2-10H,11-12H2,1H3,(H,24,27)(H,25,29)/t19-/m0/s1. The lowest BCUT2D eigenvalue weighted by molar-refractivity contribution is -0.201. The number of imide groups is 1. The van der Waals surface area contributed by atoms with Gasteiger partial charge in [-0.1, -0.05) is 48.5 Å². The Morgan fingerprint density at radius 3 is 2.31 bits per heavy atom. The van der Waals surface area contributed by atoms with Gasteiger partial charge in [-0.3, -0.25) is 14.9 Å². The Bertz CT molecular complexity index is 947. The summed E-state index contributed by atoms with van der Waals surface area (Å²) < 4.78 is 41.6. The van der Waals surface area contributed by atoms with Gasteiger partial charge in [-0.2, -0.15) is 13.2 Å². The minimum absolute atomic E-state index is 0.0136. The van der Waals surface area contributed by atoms with Crippen molar-refractivity contribution < 1.29 is 27.6 Å². The summed E-state index contributed by atoms with van der Waals surface area (Å²) in [6.07, 6.45) is -5.33. The molecule has 1 atom stereocenters. The molecule has 1 saturated heterocycles. The van der Waals surface area contributed by atoms with Gasteiger partial charge in [-0.25, -0.2) is 9.69 Å². The first-order chi connectivity index (χ1) is 13.7. The molecule has 1 aliphatic heterocycles. The lowest BCUT2D eigenvalue weighted by Crippen LogP contribution is -2.69. The molecule has 0 saturated carbocycles. The van der Waals surface area contributed by atoms with Gasteiger partial charge in [0.2, 0.25) is 5.91 Å². The van der Waals surface area contributed by atoms with Gasteiger partial charge >= 0.3 is 12.2 Å². The van der Waals surface area contributed by atoms with Gasteiger partial charge in [-0.05, 0) is 30.5 Å². The van der Waals surface area contributed by atoms with Crippen LogP contribution in [0.2, 0.25) is 0 Å². The summed E-state index contributed by atoms with van der Waals surface area (Å²) in [4.78, 5) is 37.7. The Balaban J connectivity index is 1.86. The Morgan fingerprint density at radius 2 is 1.69 bits per heavy atom. The van der Waals surface area contributed by atoms with E-state index in [1.54, 1.807) is 60.0 Å². The zero-order valence-electron chi connectivity index (χ0n) is 15.4. The summed E-state index contributed by atoms with van der Waals surface area (Å²) in [5.41, 5.74) is -2.31. The van der Waals surface area contributed by atoms with Crippen LogP contribution < -0.4 is 15.5 Å². The molecule has 1 fully saturated rings. The van der Waals surface area contributed by atoms with Crippen molar-refractivity contribution in [3.05, 3.63) is 65.7 Å². The molecular formula is C20H18F3N3O3. The van der Waals surface area contributed by atoms with Crippen molar-refractivity contribution >= 4 is 23.5 Å².